The molecule has 1 N–H and O–H groups in total. The minimum absolute atomic E-state index is 0.264. The average molecular weight is 430 g/mol. The van der Waals surface area contributed by atoms with Gasteiger partial charge in [0.2, 0.25) is 5.91 Å². The van der Waals surface area contributed by atoms with E-state index in [1.54, 1.807) is 46.8 Å². The van der Waals surface area contributed by atoms with E-state index in [9.17, 15) is 9.59 Å². The first-order valence-corrected chi connectivity index (χ1v) is 10.6. The molecule has 1 rings (SSSR count). The summed E-state index contributed by atoms with van der Waals surface area (Å²) in [5, 5.41) is 3.04. The molecule has 0 aliphatic carbocycles. The van der Waals surface area contributed by atoms with Crippen LogP contribution in [0, 0.1) is 0 Å². The first-order chi connectivity index (χ1) is 12.7. The van der Waals surface area contributed by atoms with Gasteiger partial charge in [-0.05, 0) is 79.7 Å². The molecular formula is C21H32ClNO4S. The molecule has 158 valence electrons. The molecule has 0 saturated heterocycles. The molecule has 0 aromatic heterocycles. The van der Waals surface area contributed by atoms with Crippen LogP contribution >= 0.6 is 23.4 Å². The van der Waals surface area contributed by atoms with E-state index in [0.29, 0.717) is 5.02 Å². The van der Waals surface area contributed by atoms with E-state index in [1.807, 2.05) is 32.9 Å². The van der Waals surface area contributed by atoms with E-state index in [1.165, 1.54) is 11.8 Å². The van der Waals surface area contributed by atoms with Crippen LogP contribution in [0.2, 0.25) is 5.02 Å². The molecule has 0 aliphatic heterocycles. The lowest BCUT2D eigenvalue weighted by molar-refractivity contribution is -0.166. The van der Waals surface area contributed by atoms with Gasteiger partial charge in [-0.15, -0.1) is 11.8 Å². The second-order valence-corrected chi connectivity index (χ2v) is 10.5. The number of benzene rings is 1. The maximum atomic E-state index is 12.7. The Hall–Kier alpha value is -1.24. The van der Waals surface area contributed by atoms with Gasteiger partial charge in [-0.2, -0.15) is 0 Å². The van der Waals surface area contributed by atoms with Crippen LogP contribution in [0.25, 0.3) is 0 Å². The van der Waals surface area contributed by atoms with Crippen molar-refractivity contribution in [1.29, 1.82) is 0 Å². The fourth-order valence-corrected chi connectivity index (χ4v) is 3.40. The molecule has 7 heteroatoms. The lowest BCUT2D eigenvalue weighted by Gasteiger charge is -2.32. The molecule has 1 aromatic carbocycles. The Balaban J connectivity index is 2.88. The van der Waals surface area contributed by atoms with Crippen molar-refractivity contribution < 1.29 is 19.1 Å². The van der Waals surface area contributed by atoms with Gasteiger partial charge < -0.3 is 14.8 Å². The number of carbonyl (C=O) groups excluding carboxylic acids is 2. The standard InChI is InChI=1S/C21H32ClNO4S/c1-13(26-20(3,4)5)17(19(25)27-21(6,7)8)23-18(24)14(2)28-16-11-9-15(22)10-12-16/h9-14,17H,1-8H3,(H,23,24)/t13-,14+,17-/m0/s1. The highest BCUT2D eigenvalue weighted by atomic mass is 35.5. The van der Waals surface area contributed by atoms with Gasteiger partial charge in [0.15, 0.2) is 6.04 Å². The van der Waals surface area contributed by atoms with Gasteiger partial charge in [-0.25, -0.2) is 4.79 Å². The summed E-state index contributed by atoms with van der Waals surface area (Å²) < 4.78 is 11.4. The van der Waals surface area contributed by atoms with E-state index in [4.69, 9.17) is 21.1 Å². The second-order valence-electron chi connectivity index (χ2n) is 8.67. The zero-order chi connectivity index (χ0) is 21.7. The first kappa shape index (κ1) is 24.8. The number of halogens is 1. The summed E-state index contributed by atoms with van der Waals surface area (Å²) in [5.41, 5.74) is -1.13. The third-order valence-electron chi connectivity index (χ3n) is 3.46. The Morgan fingerprint density at radius 1 is 1.00 bits per heavy atom. The third-order valence-corrected chi connectivity index (χ3v) is 4.83. The molecule has 0 bridgehead atoms. The van der Waals surface area contributed by atoms with Crippen molar-refractivity contribution in [1.82, 2.24) is 5.32 Å². The highest BCUT2D eigenvalue weighted by Crippen LogP contribution is 2.25. The summed E-state index contributed by atoms with van der Waals surface area (Å²) in [6, 6.07) is 6.36. The molecule has 0 unspecified atom stereocenters. The number of thioether (sulfide) groups is 1. The number of hydrogen-bond acceptors (Lipinski definition) is 5. The lowest BCUT2D eigenvalue weighted by Crippen LogP contribution is -2.53. The molecule has 3 atom stereocenters. The maximum absolute atomic E-state index is 12.7. The molecule has 0 radical (unpaired) electrons. The van der Waals surface area contributed by atoms with Gasteiger partial charge in [0.05, 0.1) is 17.0 Å². The SMILES string of the molecule is C[C@H](OC(C)(C)C)[C@H](NC(=O)[C@@H](C)Sc1ccc(Cl)cc1)C(=O)OC(C)(C)C. The number of hydrogen-bond donors (Lipinski definition) is 1. The number of carbonyl (C=O) groups is 2. The van der Waals surface area contributed by atoms with E-state index in [-0.39, 0.29) is 5.91 Å². The topological polar surface area (TPSA) is 64.6 Å². The fraction of sp³-hybridized carbons (Fsp3) is 0.619. The van der Waals surface area contributed by atoms with E-state index < -0.39 is 34.6 Å². The monoisotopic (exact) mass is 429 g/mol. The summed E-state index contributed by atoms with van der Waals surface area (Å²) in [5.74, 6) is -0.776. The van der Waals surface area contributed by atoms with E-state index >= 15 is 0 Å². The van der Waals surface area contributed by atoms with Crippen LogP contribution in [0.1, 0.15) is 55.4 Å². The van der Waals surface area contributed by atoms with Crippen LogP contribution in [0.5, 0.6) is 0 Å². The van der Waals surface area contributed by atoms with Gasteiger partial charge >= 0.3 is 5.97 Å². The Labute approximate surface area is 177 Å². The van der Waals surface area contributed by atoms with Crippen molar-refractivity contribution in [2.75, 3.05) is 0 Å². The molecule has 0 heterocycles. The molecule has 1 amide bonds. The summed E-state index contributed by atoms with van der Waals surface area (Å²) in [7, 11) is 0. The highest BCUT2D eigenvalue weighted by molar-refractivity contribution is 8.00. The lowest BCUT2D eigenvalue weighted by atomic mass is 10.1. The molecule has 5 nitrogen and oxygen atoms in total. The average Bonchev–Trinajstić information content (AvgIpc) is 2.50. The normalized spacial score (nSPS) is 15.5. The Morgan fingerprint density at radius 3 is 2.00 bits per heavy atom. The minimum Gasteiger partial charge on any atom is -0.458 e. The van der Waals surface area contributed by atoms with Gasteiger partial charge in [-0.1, -0.05) is 11.6 Å². The minimum atomic E-state index is -0.904. The number of ether oxygens (including phenoxy) is 2. The predicted molar refractivity (Wildman–Crippen MR) is 115 cm³/mol. The van der Waals surface area contributed by atoms with Gasteiger partial charge in [0.25, 0.3) is 0 Å². The smallest absolute Gasteiger partial charge is 0.331 e. The molecule has 28 heavy (non-hydrogen) atoms. The van der Waals surface area contributed by atoms with Gasteiger partial charge in [-0.3, -0.25) is 4.79 Å². The zero-order valence-corrected chi connectivity index (χ0v) is 19.5. The van der Waals surface area contributed by atoms with Crippen molar-refractivity contribution in [3.05, 3.63) is 29.3 Å². The summed E-state index contributed by atoms with van der Waals surface area (Å²) in [6.45, 7) is 14.6. The van der Waals surface area contributed by atoms with Crippen molar-refractivity contribution in [2.45, 2.75) is 88.9 Å². The number of nitrogens with one attached hydrogen (secondary N) is 1. The van der Waals surface area contributed by atoms with Gasteiger partial charge in [0, 0.05) is 9.92 Å². The first-order valence-electron chi connectivity index (χ1n) is 9.31. The number of amides is 1. The number of rotatable bonds is 7. The van der Waals surface area contributed by atoms with Crippen molar-refractivity contribution in [2.24, 2.45) is 0 Å². The zero-order valence-electron chi connectivity index (χ0n) is 18.0. The fourth-order valence-electron chi connectivity index (χ4n) is 2.40. The van der Waals surface area contributed by atoms with Crippen LogP contribution in [0.4, 0.5) is 0 Å². The van der Waals surface area contributed by atoms with Crippen LogP contribution in [0.15, 0.2) is 29.2 Å². The summed E-state index contributed by atoms with van der Waals surface area (Å²) in [4.78, 5) is 26.4. The molecule has 0 fully saturated rings. The van der Waals surface area contributed by atoms with Crippen molar-refractivity contribution in [3.8, 4) is 0 Å². The molecule has 0 spiro atoms. The van der Waals surface area contributed by atoms with E-state index in [0.717, 1.165) is 4.90 Å². The number of esters is 1. The van der Waals surface area contributed by atoms with E-state index in [2.05, 4.69) is 5.32 Å². The van der Waals surface area contributed by atoms with Crippen LogP contribution in [-0.2, 0) is 19.1 Å². The largest absolute Gasteiger partial charge is 0.458 e. The van der Waals surface area contributed by atoms with Crippen LogP contribution < -0.4 is 5.32 Å². The Kier molecular flexibility index (Phi) is 8.85. The molecule has 0 aliphatic rings. The maximum Gasteiger partial charge on any atom is 0.331 e. The third kappa shape index (κ3) is 9.30. The molecular weight excluding hydrogens is 398 g/mol. The molecule has 1 aromatic rings. The van der Waals surface area contributed by atoms with Gasteiger partial charge in [0.1, 0.15) is 5.60 Å². The predicted octanol–water partition coefficient (Wildman–Crippen LogP) is 4.85. The van der Waals surface area contributed by atoms with Crippen molar-refractivity contribution >= 4 is 35.2 Å². The Bertz CT molecular complexity index is 664. The summed E-state index contributed by atoms with van der Waals surface area (Å²) >= 11 is 7.29. The second kappa shape index (κ2) is 9.99. The molecule has 0 saturated carbocycles. The summed E-state index contributed by atoms with van der Waals surface area (Å²) in [6.07, 6.45) is -0.550. The quantitative estimate of drug-likeness (QED) is 0.495. The van der Waals surface area contributed by atoms with Crippen LogP contribution in [0.3, 0.4) is 0 Å². The highest BCUT2D eigenvalue weighted by Gasteiger charge is 2.35. The van der Waals surface area contributed by atoms with Crippen LogP contribution in [-0.4, -0.2) is 40.5 Å². The van der Waals surface area contributed by atoms with Crippen molar-refractivity contribution in [3.63, 3.8) is 0 Å². The Morgan fingerprint density at radius 2 is 1.54 bits per heavy atom.